The van der Waals surface area contributed by atoms with Crippen LogP contribution in [0.3, 0.4) is 0 Å². The van der Waals surface area contributed by atoms with Gasteiger partial charge in [0, 0.05) is 24.4 Å². The Kier molecular flexibility index (Phi) is 7.09. The Labute approximate surface area is 213 Å². The Bertz CT molecular complexity index is 1470. The van der Waals surface area contributed by atoms with Gasteiger partial charge in [-0.1, -0.05) is 18.2 Å². The summed E-state index contributed by atoms with van der Waals surface area (Å²) in [5.41, 5.74) is 4.65. The Morgan fingerprint density at radius 2 is 1.78 bits per heavy atom. The summed E-state index contributed by atoms with van der Waals surface area (Å²) in [7, 11) is 0. The quantitative estimate of drug-likeness (QED) is 0.311. The normalized spacial score (nSPS) is 18.0. The molecular formula is C29H29F3N4O. The Morgan fingerprint density at radius 3 is 2.51 bits per heavy atom. The molecule has 37 heavy (non-hydrogen) atoms. The van der Waals surface area contributed by atoms with Crippen LogP contribution in [0.15, 0.2) is 53.6 Å². The molecule has 3 heterocycles. The van der Waals surface area contributed by atoms with Gasteiger partial charge in [-0.3, -0.25) is 19.3 Å². The minimum Gasteiger partial charge on any atom is -0.285 e. The first-order valence-electron chi connectivity index (χ1n) is 12.6. The number of nitrogens with zero attached hydrogens (tertiary/aromatic N) is 4. The number of benzene rings is 1. The van der Waals surface area contributed by atoms with E-state index in [-0.39, 0.29) is 29.8 Å². The molecule has 0 atom stereocenters. The number of aryl methyl sites for hydroxylation is 2. The monoisotopic (exact) mass is 506 g/mol. The lowest BCUT2D eigenvalue weighted by Gasteiger charge is -2.30. The minimum absolute atomic E-state index is 0.00107. The fraction of sp³-hybridized carbons (Fsp3) is 0.379. The molecule has 3 aromatic heterocycles. The van der Waals surface area contributed by atoms with Crippen molar-refractivity contribution in [3.05, 3.63) is 98.6 Å². The van der Waals surface area contributed by atoms with Gasteiger partial charge in [-0.05, 0) is 86.3 Å². The fourth-order valence-corrected chi connectivity index (χ4v) is 5.64. The van der Waals surface area contributed by atoms with Crippen LogP contribution in [0.1, 0.15) is 71.2 Å². The molecule has 0 radical (unpaired) electrons. The van der Waals surface area contributed by atoms with Crippen LogP contribution in [-0.2, 0) is 13.0 Å². The van der Waals surface area contributed by atoms with Crippen molar-refractivity contribution in [2.45, 2.75) is 70.8 Å². The first-order chi connectivity index (χ1) is 17.8. The van der Waals surface area contributed by atoms with Crippen LogP contribution in [0.25, 0.3) is 11.2 Å². The first-order valence-corrected chi connectivity index (χ1v) is 12.6. The molecule has 192 valence electrons. The van der Waals surface area contributed by atoms with Crippen molar-refractivity contribution >= 4 is 11.2 Å². The summed E-state index contributed by atoms with van der Waals surface area (Å²) in [6.45, 7) is 3.77. The minimum atomic E-state index is -2.52. The molecule has 5 rings (SSSR count). The standard InChI is InChI=1S/C29H29F3N4O/c1-17-5-3-7-23(30)27(17)20-10-8-19(9-11-20)22-14-24-28(35-18(2)15-34-24)36(29(22)37)16-25-21(13-26(31)32)6-4-12-33-25/h3-7,12,14-15,19-20,26H,8-11,13,16H2,1-2H3. The Morgan fingerprint density at radius 1 is 1.03 bits per heavy atom. The molecule has 0 saturated heterocycles. The summed E-state index contributed by atoms with van der Waals surface area (Å²) in [4.78, 5) is 27.3. The van der Waals surface area contributed by atoms with Crippen molar-refractivity contribution in [1.82, 2.24) is 19.5 Å². The van der Waals surface area contributed by atoms with Crippen molar-refractivity contribution in [2.75, 3.05) is 0 Å². The second-order valence-electron chi connectivity index (χ2n) is 9.93. The van der Waals surface area contributed by atoms with Crippen LogP contribution in [-0.4, -0.2) is 25.9 Å². The predicted octanol–water partition coefficient (Wildman–Crippen LogP) is 6.24. The molecule has 4 aromatic rings. The summed E-state index contributed by atoms with van der Waals surface area (Å²) >= 11 is 0. The zero-order chi connectivity index (χ0) is 26.1. The number of alkyl halides is 2. The zero-order valence-corrected chi connectivity index (χ0v) is 20.9. The Hall–Kier alpha value is -3.55. The van der Waals surface area contributed by atoms with Gasteiger partial charge in [-0.15, -0.1) is 0 Å². The molecule has 0 amide bonds. The number of fused-ring (bicyclic) bond motifs is 1. The number of rotatable bonds is 6. The van der Waals surface area contributed by atoms with Crippen molar-refractivity contribution < 1.29 is 13.2 Å². The molecular weight excluding hydrogens is 477 g/mol. The van der Waals surface area contributed by atoms with E-state index < -0.39 is 12.8 Å². The number of aromatic nitrogens is 4. The van der Waals surface area contributed by atoms with Gasteiger partial charge in [0.25, 0.3) is 5.56 Å². The zero-order valence-electron chi connectivity index (χ0n) is 20.9. The van der Waals surface area contributed by atoms with Gasteiger partial charge in [0.2, 0.25) is 6.43 Å². The first kappa shape index (κ1) is 25.1. The molecule has 1 saturated carbocycles. The maximum absolute atomic E-state index is 14.6. The van der Waals surface area contributed by atoms with Crippen LogP contribution in [0.2, 0.25) is 0 Å². The summed E-state index contributed by atoms with van der Waals surface area (Å²) in [5.74, 6) is -0.0519. The van der Waals surface area contributed by atoms with Crippen molar-refractivity contribution in [1.29, 1.82) is 0 Å². The second kappa shape index (κ2) is 10.4. The predicted molar refractivity (Wildman–Crippen MR) is 137 cm³/mol. The molecule has 1 fully saturated rings. The average Bonchev–Trinajstić information content (AvgIpc) is 2.87. The lowest BCUT2D eigenvalue weighted by atomic mass is 9.75. The van der Waals surface area contributed by atoms with E-state index in [0.717, 1.165) is 36.8 Å². The average molecular weight is 507 g/mol. The summed E-state index contributed by atoms with van der Waals surface area (Å²) in [6, 6.07) is 10.2. The third-order valence-electron chi connectivity index (χ3n) is 7.45. The Balaban J connectivity index is 1.51. The maximum atomic E-state index is 14.6. The summed E-state index contributed by atoms with van der Waals surface area (Å²) < 4.78 is 42.5. The van der Waals surface area contributed by atoms with E-state index in [0.29, 0.717) is 33.7 Å². The van der Waals surface area contributed by atoms with Crippen molar-refractivity contribution in [3.8, 4) is 0 Å². The molecule has 1 aliphatic carbocycles. The summed E-state index contributed by atoms with van der Waals surface area (Å²) in [5, 5.41) is 0. The topological polar surface area (TPSA) is 60.7 Å². The highest BCUT2D eigenvalue weighted by molar-refractivity contribution is 5.71. The van der Waals surface area contributed by atoms with Crippen molar-refractivity contribution in [2.24, 2.45) is 0 Å². The van der Waals surface area contributed by atoms with Crippen LogP contribution in [0.5, 0.6) is 0 Å². The van der Waals surface area contributed by atoms with Gasteiger partial charge >= 0.3 is 0 Å². The molecule has 5 nitrogen and oxygen atoms in total. The largest absolute Gasteiger partial charge is 0.285 e. The van der Waals surface area contributed by atoms with Crippen molar-refractivity contribution in [3.63, 3.8) is 0 Å². The number of halogens is 3. The van der Waals surface area contributed by atoms with E-state index in [9.17, 15) is 18.0 Å². The molecule has 1 aromatic carbocycles. The SMILES string of the molecule is Cc1cnc2cc(C3CCC(c4c(C)cccc4F)CC3)c(=O)n(Cc3ncccc3CC(F)F)c2n1. The van der Waals surface area contributed by atoms with E-state index in [1.165, 1.54) is 10.6 Å². The van der Waals surface area contributed by atoms with Crippen LogP contribution in [0, 0.1) is 19.7 Å². The second-order valence-corrected chi connectivity index (χ2v) is 9.93. The highest BCUT2D eigenvalue weighted by Gasteiger charge is 2.29. The molecule has 8 heteroatoms. The molecule has 0 bridgehead atoms. The van der Waals surface area contributed by atoms with Gasteiger partial charge in [-0.25, -0.2) is 18.2 Å². The smallest absolute Gasteiger partial charge is 0.256 e. The van der Waals surface area contributed by atoms with E-state index in [1.54, 1.807) is 37.5 Å². The molecule has 0 spiro atoms. The van der Waals surface area contributed by atoms with E-state index >= 15 is 0 Å². The maximum Gasteiger partial charge on any atom is 0.256 e. The van der Waals surface area contributed by atoms with Gasteiger partial charge < -0.3 is 0 Å². The highest BCUT2D eigenvalue weighted by atomic mass is 19.3. The molecule has 1 aliphatic rings. The fourth-order valence-electron chi connectivity index (χ4n) is 5.64. The highest BCUT2D eigenvalue weighted by Crippen LogP contribution is 2.41. The van der Waals surface area contributed by atoms with Gasteiger partial charge in [0.1, 0.15) is 11.3 Å². The van der Waals surface area contributed by atoms with Gasteiger partial charge in [0.05, 0.1) is 17.9 Å². The molecule has 0 aliphatic heterocycles. The van der Waals surface area contributed by atoms with E-state index in [2.05, 4.69) is 15.0 Å². The number of hydrogen-bond donors (Lipinski definition) is 0. The van der Waals surface area contributed by atoms with Crippen LogP contribution < -0.4 is 5.56 Å². The van der Waals surface area contributed by atoms with Crippen LogP contribution in [0.4, 0.5) is 13.2 Å². The van der Waals surface area contributed by atoms with E-state index in [4.69, 9.17) is 0 Å². The third-order valence-corrected chi connectivity index (χ3v) is 7.45. The number of hydrogen-bond acceptors (Lipinski definition) is 4. The lowest BCUT2D eigenvalue weighted by Crippen LogP contribution is -2.29. The van der Waals surface area contributed by atoms with Gasteiger partial charge in [-0.2, -0.15) is 0 Å². The lowest BCUT2D eigenvalue weighted by molar-refractivity contribution is 0.148. The number of pyridine rings is 2. The van der Waals surface area contributed by atoms with Crippen LogP contribution >= 0.6 is 0 Å². The van der Waals surface area contributed by atoms with Gasteiger partial charge in [0.15, 0.2) is 5.65 Å². The summed E-state index contributed by atoms with van der Waals surface area (Å²) in [6.07, 6.45) is 3.31. The molecule has 0 N–H and O–H groups in total. The third kappa shape index (κ3) is 5.15. The van der Waals surface area contributed by atoms with E-state index in [1.807, 2.05) is 19.1 Å². The molecule has 0 unspecified atom stereocenters.